The van der Waals surface area contributed by atoms with Crippen molar-refractivity contribution in [3.8, 4) is 22.8 Å². The van der Waals surface area contributed by atoms with Crippen molar-refractivity contribution in [3.05, 3.63) is 71.2 Å². The molecule has 34 heavy (non-hydrogen) atoms. The van der Waals surface area contributed by atoms with Gasteiger partial charge < -0.3 is 9.55 Å². The minimum Gasteiger partial charge on any atom is -0.338 e. The van der Waals surface area contributed by atoms with Gasteiger partial charge in [-0.2, -0.15) is 5.21 Å². The standard InChI is InChI=1S/C25H23N9/c1-4-21-29-22-14(2)11-15(3)26-25(22)34(21)13-16-9-10-19-20(12-16)28-23(27-19)17-7-5-6-8-18(17)24-30-32-33-31-24/h5-12H,4,13H2,1-3H3,(H,27,28)(H,30,31,32,33). The molecule has 4 aromatic heterocycles. The first-order chi connectivity index (χ1) is 16.6. The van der Waals surface area contributed by atoms with Gasteiger partial charge in [0.2, 0.25) is 5.82 Å². The van der Waals surface area contributed by atoms with E-state index in [-0.39, 0.29) is 0 Å². The molecule has 6 aromatic rings. The molecule has 9 nitrogen and oxygen atoms in total. The minimum atomic E-state index is 0.536. The molecule has 0 aliphatic heterocycles. The number of aromatic amines is 2. The Labute approximate surface area is 195 Å². The number of fused-ring (bicyclic) bond motifs is 2. The smallest absolute Gasteiger partial charge is 0.205 e. The zero-order valence-corrected chi connectivity index (χ0v) is 19.2. The normalized spacial score (nSPS) is 11.6. The maximum absolute atomic E-state index is 4.87. The molecule has 0 aliphatic carbocycles. The Balaban J connectivity index is 1.41. The number of aromatic nitrogens is 9. The van der Waals surface area contributed by atoms with Gasteiger partial charge in [-0.1, -0.05) is 37.3 Å². The molecule has 168 valence electrons. The number of imidazole rings is 2. The second kappa shape index (κ2) is 7.87. The van der Waals surface area contributed by atoms with Crippen LogP contribution in [0.5, 0.6) is 0 Å². The maximum atomic E-state index is 4.87. The lowest BCUT2D eigenvalue weighted by molar-refractivity contribution is 0.746. The van der Waals surface area contributed by atoms with Crippen LogP contribution in [0.15, 0.2) is 48.5 Å². The summed E-state index contributed by atoms with van der Waals surface area (Å²) in [6.07, 6.45) is 0.845. The predicted molar refractivity (Wildman–Crippen MR) is 130 cm³/mol. The summed E-state index contributed by atoms with van der Waals surface area (Å²) in [5.41, 5.74) is 8.89. The van der Waals surface area contributed by atoms with E-state index in [4.69, 9.17) is 15.0 Å². The van der Waals surface area contributed by atoms with E-state index >= 15 is 0 Å². The maximum Gasteiger partial charge on any atom is 0.205 e. The highest BCUT2D eigenvalue weighted by Gasteiger charge is 2.16. The molecule has 9 heteroatoms. The Bertz CT molecular complexity index is 1640. The second-order valence-corrected chi connectivity index (χ2v) is 8.44. The van der Waals surface area contributed by atoms with Crippen molar-refractivity contribution in [2.45, 2.75) is 33.7 Å². The minimum absolute atomic E-state index is 0.536. The number of H-pyrrole nitrogens is 2. The quantitative estimate of drug-likeness (QED) is 0.404. The van der Waals surface area contributed by atoms with Crippen LogP contribution in [0.4, 0.5) is 0 Å². The van der Waals surface area contributed by atoms with Crippen molar-refractivity contribution >= 4 is 22.2 Å². The first kappa shape index (κ1) is 20.2. The molecule has 0 spiro atoms. The van der Waals surface area contributed by atoms with Crippen molar-refractivity contribution in [1.29, 1.82) is 0 Å². The highest BCUT2D eigenvalue weighted by atomic mass is 15.5. The fourth-order valence-electron chi connectivity index (χ4n) is 4.51. The zero-order valence-electron chi connectivity index (χ0n) is 19.2. The molecule has 2 N–H and O–H groups in total. The van der Waals surface area contributed by atoms with Crippen molar-refractivity contribution < 1.29 is 0 Å². The summed E-state index contributed by atoms with van der Waals surface area (Å²) in [5, 5.41) is 14.5. The van der Waals surface area contributed by atoms with E-state index in [1.54, 1.807) is 0 Å². The van der Waals surface area contributed by atoms with Gasteiger partial charge in [-0.3, -0.25) is 0 Å². The van der Waals surface area contributed by atoms with Gasteiger partial charge in [0.25, 0.3) is 0 Å². The van der Waals surface area contributed by atoms with Crippen LogP contribution in [0.1, 0.15) is 29.6 Å². The van der Waals surface area contributed by atoms with Crippen molar-refractivity contribution in [2.75, 3.05) is 0 Å². The number of nitrogens with one attached hydrogen (secondary N) is 2. The molecule has 0 atom stereocenters. The van der Waals surface area contributed by atoms with E-state index in [2.05, 4.69) is 68.3 Å². The summed E-state index contributed by atoms with van der Waals surface area (Å²) in [4.78, 5) is 18.0. The Morgan fingerprint density at radius 3 is 2.59 bits per heavy atom. The number of hydrogen-bond donors (Lipinski definition) is 2. The van der Waals surface area contributed by atoms with Crippen LogP contribution in [0.2, 0.25) is 0 Å². The van der Waals surface area contributed by atoms with Crippen LogP contribution in [0.25, 0.3) is 45.0 Å². The molecule has 0 saturated carbocycles. The van der Waals surface area contributed by atoms with E-state index in [0.29, 0.717) is 12.4 Å². The number of pyridine rings is 1. The van der Waals surface area contributed by atoms with Gasteiger partial charge in [-0.05, 0) is 48.4 Å². The van der Waals surface area contributed by atoms with E-state index < -0.39 is 0 Å². The Kier molecular flexibility index (Phi) is 4.68. The van der Waals surface area contributed by atoms with Crippen LogP contribution in [0.3, 0.4) is 0 Å². The number of rotatable bonds is 5. The summed E-state index contributed by atoms with van der Waals surface area (Å²) in [6, 6.07) is 16.3. The van der Waals surface area contributed by atoms with Crippen LogP contribution in [-0.2, 0) is 13.0 Å². The summed E-state index contributed by atoms with van der Waals surface area (Å²) >= 11 is 0. The first-order valence-corrected chi connectivity index (χ1v) is 11.3. The lowest BCUT2D eigenvalue weighted by Crippen LogP contribution is -2.05. The van der Waals surface area contributed by atoms with Crippen LogP contribution in [-0.4, -0.2) is 45.1 Å². The van der Waals surface area contributed by atoms with Gasteiger partial charge in [0.05, 0.1) is 17.6 Å². The molecule has 0 radical (unpaired) electrons. The molecule has 0 bridgehead atoms. The van der Waals surface area contributed by atoms with Crippen LogP contribution in [0, 0.1) is 13.8 Å². The highest BCUT2D eigenvalue weighted by Crippen LogP contribution is 2.30. The van der Waals surface area contributed by atoms with Crippen LogP contribution < -0.4 is 0 Å². The molecular weight excluding hydrogens is 426 g/mol. The third-order valence-corrected chi connectivity index (χ3v) is 6.07. The Morgan fingerprint density at radius 1 is 0.941 bits per heavy atom. The van der Waals surface area contributed by atoms with E-state index in [0.717, 1.165) is 68.2 Å². The number of hydrogen-bond acceptors (Lipinski definition) is 6. The van der Waals surface area contributed by atoms with Gasteiger partial charge in [-0.25, -0.2) is 15.0 Å². The fraction of sp³-hybridized carbons (Fsp3) is 0.200. The predicted octanol–water partition coefficient (Wildman–Crippen LogP) is 4.38. The number of tetrazole rings is 1. The van der Waals surface area contributed by atoms with Crippen molar-refractivity contribution in [3.63, 3.8) is 0 Å². The summed E-state index contributed by atoms with van der Waals surface area (Å²) in [7, 11) is 0. The monoisotopic (exact) mass is 449 g/mol. The van der Waals surface area contributed by atoms with E-state index in [1.807, 2.05) is 31.2 Å². The van der Waals surface area contributed by atoms with Crippen molar-refractivity contribution in [2.24, 2.45) is 0 Å². The molecule has 0 saturated heterocycles. The largest absolute Gasteiger partial charge is 0.338 e. The molecule has 0 aliphatic rings. The molecule has 6 rings (SSSR count). The van der Waals surface area contributed by atoms with Gasteiger partial charge in [0, 0.05) is 23.2 Å². The molecular formula is C25H23N9. The van der Waals surface area contributed by atoms with E-state index in [1.165, 1.54) is 0 Å². The van der Waals surface area contributed by atoms with Gasteiger partial charge in [0.15, 0.2) is 5.65 Å². The third-order valence-electron chi connectivity index (χ3n) is 6.07. The second-order valence-electron chi connectivity index (χ2n) is 8.44. The molecule has 0 amide bonds. The van der Waals surface area contributed by atoms with Gasteiger partial charge >= 0.3 is 0 Å². The Morgan fingerprint density at radius 2 is 1.79 bits per heavy atom. The number of benzene rings is 2. The summed E-state index contributed by atoms with van der Waals surface area (Å²) < 4.78 is 2.22. The average molecular weight is 450 g/mol. The molecule has 4 heterocycles. The molecule has 0 unspecified atom stereocenters. The molecule has 2 aromatic carbocycles. The third kappa shape index (κ3) is 3.33. The average Bonchev–Trinajstić information content (AvgIpc) is 3.58. The van der Waals surface area contributed by atoms with E-state index in [9.17, 15) is 0 Å². The highest BCUT2D eigenvalue weighted by molar-refractivity contribution is 5.84. The van der Waals surface area contributed by atoms with Crippen LogP contribution >= 0.6 is 0 Å². The van der Waals surface area contributed by atoms with Gasteiger partial charge in [0.1, 0.15) is 17.2 Å². The SMILES string of the molecule is CCc1nc2c(C)cc(C)nc2n1Cc1ccc2nc(-c3ccccc3-c3nn[nH]n3)[nH]c2c1. The summed E-state index contributed by atoms with van der Waals surface area (Å²) in [5.74, 6) is 2.34. The topological polar surface area (TPSA) is 114 Å². The fourth-order valence-corrected chi connectivity index (χ4v) is 4.51. The van der Waals surface area contributed by atoms with Crippen molar-refractivity contribution in [1.82, 2.24) is 45.1 Å². The zero-order chi connectivity index (χ0) is 23.2. The molecule has 0 fully saturated rings. The lowest BCUT2D eigenvalue weighted by Gasteiger charge is -2.08. The number of nitrogens with zero attached hydrogens (tertiary/aromatic N) is 7. The first-order valence-electron chi connectivity index (χ1n) is 11.3. The lowest BCUT2D eigenvalue weighted by atomic mass is 10.1. The summed E-state index contributed by atoms with van der Waals surface area (Å²) in [6.45, 7) is 6.95. The Hall–Kier alpha value is -4.40. The number of aryl methyl sites for hydroxylation is 3. The van der Waals surface area contributed by atoms with Gasteiger partial charge in [-0.15, -0.1) is 10.2 Å².